The fourth-order valence-electron chi connectivity index (χ4n) is 1.21. The van der Waals surface area contributed by atoms with Crippen molar-refractivity contribution in [3.63, 3.8) is 0 Å². The monoisotopic (exact) mass is 309 g/mol. The lowest BCUT2D eigenvalue weighted by atomic mass is 10.3. The minimum absolute atomic E-state index is 0.357. The highest BCUT2D eigenvalue weighted by Crippen LogP contribution is 2.31. The molecule has 16 heavy (non-hydrogen) atoms. The van der Waals surface area contributed by atoms with Gasteiger partial charge >= 0.3 is 0 Å². The van der Waals surface area contributed by atoms with Gasteiger partial charge in [0.25, 0.3) is 0 Å². The second-order valence-electron chi connectivity index (χ2n) is 3.28. The highest BCUT2D eigenvalue weighted by atomic mass is 79.9. The van der Waals surface area contributed by atoms with Crippen molar-refractivity contribution in [3.8, 4) is 0 Å². The number of nitrogens with one attached hydrogen (secondary N) is 1. The molecule has 2 nitrogen and oxygen atoms in total. The van der Waals surface area contributed by atoms with Crippen LogP contribution in [0.25, 0.3) is 0 Å². The Morgan fingerprint density at radius 3 is 2.81 bits per heavy atom. The average Bonchev–Trinajstić information content (AvgIpc) is 2.20. The Balaban J connectivity index is 2.47. The molecule has 0 radical (unpaired) electrons. The van der Waals surface area contributed by atoms with Crippen LogP contribution >= 0.6 is 27.5 Å². The van der Waals surface area contributed by atoms with Crippen LogP contribution in [0.4, 0.5) is 10.1 Å². The summed E-state index contributed by atoms with van der Waals surface area (Å²) in [5.74, 6) is -0.357. The van der Waals surface area contributed by atoms with Crippen LogP contribution in [-0.2, 0) is 4.74 Å². The predicted molar refractivity (Wildman–Crippen MR) is 68.7 cm³/mol. The smallest absolute Gasteiger partial charge is 0.125 e. The van der Waals surface area contributed by atoms with Gasteiger partial charge < -0.3 is 10.1 Å². The molecule has 0 unspecified atom stereocenters. The zero-order chi connectivity index (χ0) is 12.0. The number of rotatable bonds is 6. The first-order valence-electron chi connectivity index (χ1n) is 5.11. The zero-order valence-electron chi connectivity index (χ0n) is 9.03. The Hall–Kier alpha value is -0.320. The fraction of sp³-hybridized carbons (Fsp3) is 0.455. The second kappa shape index (κ2) is 7.09. The van der Waals surface area contributed by atoms with Crippen LogP contribution in [0.1, 0.15) is 13.3 Å². The molecule has 0 saturated heterocycles. The fourth-order valence-corrected chi connectivity index (χ4v) is 2.17. The van der Waals surface area contributed by atoms with E-state index in [0.29, 0.717) is 28.3 Å². The topological polar surface area (TPSA) is 21.3 Å². The van der Waals surface area contributed by atoms with Crippen molar-refractivity contribution in [3.05, 3.63) is 27.4 Å². The lowest BCUT2D eigenvalue weighted by Gasteiger charge is -2.10. The molecule has 1 aromatic carbocycles. The summed E-state index contributed by atoms with van der Waals surface area (Å²) in [6.07, 6.45) is 1.00. The lowest BCUT2D eigenvalue weighted by Crippen LogP contribution is -2.10. The molecule has 0 aliphatic rings. The van der Waals surface area contributed by atoms with Crippen molar-refractivity contribution < 1.29 is 9.13 Å². The van der Waals surface area contributed by atoms with Gasteiger partial charge in [-0.25, -0.2) is 4.39 Å². The van der Waals surface area contributed by atoms with Crippen LogP contribution in [0.3, 0.4) is 0 Å². The number of halogens is 3. The maximum absolute atomic E-state index is 12.9. The Kier molecular flexibility index (Phi) is 6.09. The van der Waals surface area contributed by atoms with Crippen molar-refractivity contribution in [1.29, 1.82) is 0 Å². The lowest BCUT2D eigenvalue weighted by molar-refractivity contribution is 0.144. The summed E-state index contributed by atoms with van der Waals surface area (Å²) in [6.45, 7) is 4.05. The normalized spacial score (nSPS) is 10.5. The molecule has 0 bridgehead atoms. The van der Waals surface area contributed by atoms with E-state index in [9.17, 15) is 4.39 Å². The standard InChI is InChI=1S/C11H14BrClFNO/c1-2-4-16-5-3-15-11-9(12)6-8(14)7-10(11)13/h6-7,15H,2-5H2,1H3. The van der Waals surface area contributed by atoms with E-state index in [1.807, 2.05) is 0 Å². The molecule has 5 heteroatoms. The minimum Gasteiger partial charge on any atom is -0.381 e. The second-order valence-corrected chi connectivity index (χ2v) is 4.55. The van der Waals surface area contributed by atoms with Gasteiger partial charge in [0, 0.05) is 17.6 Å². The maximum Gasteiger partial charge on any atom is 0.125 e. The Morgan fingerprint density at radius 2 is 2.19 bits per heavy atom. The highest BCUT2D eigenvalue weighted by Gasteiger charge is 2.07. The molecule has 0 amide bonds. The summed E-state index contributed by atoms with van der Waals surface area (Å²) < 4.78 is 18.9. The van der Waals surface area contributed by atoms with Gasteiger partial charge in [0.05, 0.1) is 17.3 Å². The third-order valence-electron chi connectivity index (χ3n) is 1.90. The Morgan fingerprint density at radius 1 is 1.44 bits per heavy atom. The molecule has 0 fully saturated rings. The molecule has 0 heterocycles. The number of benzene rings is 1. The predicted octanol–water partition coefficient (Wildman–Crippen LogP) is 4.08. The summed E-state index contributed by atoms with van der Waals surface area (Å²) in [6, 6.07) is 2.66. The van der Waals surface area contributed by atoms with Crippen molar-refractivity contribution >= 4 is 33.2 Å². The van der Waals surface area contributed by atoms with Crippen LogP contribution in [0.15, 0.2) is 16.6 Å². The number of hydrogen-bond donors (Lipinski definition) is 1. The van der Waals surface area contributed by atoms with E-state index < -0.39 is 0 Å². The van der Waals surface area contributed by atoms with Gasteiger partial charge in [-0.05, 0) is 34.5 Å². The van der Waals surface area contributed by atoms with Gasteiger partial charge in [0.1, 0.15) is 5.82 Å². The molecule has 0 saturated carbocycles. The van der Waals surface area contributed by atoms with Gasteiger partial charge in [-0.2, -0.15) is 0 Å². The van der Waals surface area contributed by atoms with Crippen LogP contribution in [0.2, 0.25) is 5.02 Å². The van der Waals surface area contributed by atoms with Gasteiger partial charge in [0.15, 0.2) is 0 Å². The van der Waals surface area contributed by atoms with Crippen molar-refractivity contribution in [1.82, 2.24) is 0 Å². The van der Waals surface area contributed by atoms with Gasteiger partial charge in [-0.15, -0.1) is 0 Å². The summed E-state index contributed by atoms with van der Waals surface area (Å²) >= 11 is 9.15. The molecule has 0 atom stereocenters. The first-order chi connectivity index (χ1) is 7.65. The summed E-state index contributed by atoms with van der Waals surface area (Å²) in [5.41, 5.74) is 0.697. The highest BCUT2D eigenvalue weighted by molar-refractivity contribution is 9.10. The minimum atomic E-state index is -0.357. The molecule has 1 rings (SSSR count). The van der Waals surface area contributed by atoms with E-state index in [2.05, 4.69) is 28.2 Å². The average molecular weight is 311 g/mol. The van der Waals surface area contributed by atoms with Crippen molar-refractivity contribution in [2.45, 2.75) is 13.3 Å². The quantitative estimate of drug-likeness (QED) is 0.799. The molecule has 0 aliphatic heterocycles. The molecule has 0 aromatic heterocycles. The zero-order valence-corrected chi connectivity index (χ0v) is 11.4. The van der Waals surface area contributed by atoms with Gasteiger partial charge in [0.2, 0.25) is 0 Å². The molecule has 90 valence electrons. The van der Waals surface area contributed by atoms with E-state index in [4.69, 9.17) is 16.3 Å². The number of ether oxygens (including phenoxy) is 1. The SMILES string of the molecule is CCCOCCNc1c(Cl)cc(F)cc1Br. The van der Waals surface area contributed by atoms with E-state index in [1.54, 1.807) is 0 Å². The van der Waals surface area contributed by atoms with Crippen LogP contribution in [0, 0.1) is 5.82 Å². The van der Waals surface area contributed by atoms with Crippen LogP contribution in [0.5, 0.6) is 0 Å². The Bertz CT molecular complexity index is 326. The summed E-state index contributed by atoms with van der Waals surface area (Å²) in [7, 11) is 0. The third kappa shape index (κ3) is 4.28. The third-order valence-corrected chi connectivity index (χ3v) is 2.83. The van der Waals surface area contributed by atoms with Gasteiger partial charge in [-0.1, -0.05) is 18.5 Å². The van der Waals surface area contributed by atoms with E-state index in [0.717, 1.165) is 13.0 Å². The first kappa shape index (κ1) is 13.7. The van der Waals surface area contributed by atoms with Crippen molar-refractivity contribution in [2.24, 2.45) is 0 Å². The molecule has 0 spiro atoms. The Labute approximate surface area is 108 Å². The number of hydrogen-bond acceptors (Lipinski definition) is 2. The van der Waals surface area contributed by atoms with Crippen molar-refractivity contribution in [2.75, 3.05) is 25.1 Å². The summed E-state index contributed by atoms with van der Waals surface area (Å²) in [5, 5.41) is 3.46. The van der Waals surface area contributed by atoms with Crippen LogP contribution in [-0.4, -0.2) is 19.8 Å². The first-order valence-corrected chi connectivity index (χ1v) is 6.28. The largest absolute Gasteiger partial charge is 0.381 e. The van der Waals surface area contributed by atoms with E-state index >= 15 is 0 Å². The maximum atomic E-state index is 12.9. The van der Waals surface area contributed by atoms with Gasteiger partial charge in [-0.3, -0.25) is 0 Å². The van der Waals surface area contributed by atoms with E-state index in [1.165, 1.54) is 12.1 Å². The molecule has 1 N–H and O–H groups in total. The molecule has 1 aromatic rings. The molecular weight excluding hydrogens is 296 g/mol. The van der Waals surface area contributed by atoms with E-state index in [-0.39, 0.29) is 5.82 Å². The summed E-state index contributed by atoms with van der Waals surface area (Å²) in [4.78, 5) is 0. The molecule has 0 aliphatic carbocycles. The van der Waals surface area contributed by atoms with Crippen LogP contribution < -0.4 is 5.32 Å². The number of anilines is 1. The molecular formula is C11H14BrClFNO.